The third-order valence-corrected chi connectivity index (χ3v) is 5.22. The van der Waals surface area contributed by atoms with Crippen molar-refractivity contribution in [1.82, 2.24) is 5.32 Å². The Balaban J connectivity index is 0.000000640. The molecule has 12 heteroatoms. The lowest BCUT2D eigenvalue weighted by Crippen LogP contribution is -2.24. The molecule has 0 spiro atoms. The van der Waals surface area contributed by atoms with E-state index in [1.54, 1.807) is 16.9 Å². The second-order valence-electron chi connectivity index (χ2n) is 3.82. The first-order valence-electron chi connectivity index (χ1n) is 6.22. The van der Waals surface area contributed by atoms with Gasteiger partial charge in [0.05, 0.1) is 11.3 Å². The van der Waals surface area contributed by atoms with Gasteiger partial charge in [0.2, 0.25) is 0 Å². The molecule has 1 amide bonds. The average molecular weight is 405 g/mol. The number of alkyl halides is 3. The molecule has 0 unspecified atom stereocenters. The summed E-state index contributed by atoms with van der Waals surface area (Å²) in [5.74, 6) is -2.20. The molecule has 0 aliphatic heterocycles. The second-order valence-corrected chi connectivity index (χ2v) is 7.47. The maximum atomic E-state index is 11.5. The Morgan fingerprint density at radius 1 is 1.17 bits per heavy atom. The minimum absolute atomic E-state index is 0.0452. The molecule has 1 aromatic rings. The molecule has 0 saturated carbocycles. The van der Waals surface area contributed by atoms with E-state index in [1.165, 1.54) is 22.1 Å². The third-order valence-electron chi connectivity index (χ3n) is 1.94. The molecule has 6 nitrogen and oxygen atoms in total. The monoisotopic (exact) mass is 405 g/mol. The Hall–Kier alpha value is -1.40. The second kappa shape index (κ2) is 12.0. The van der Waals surface area contributed by atoms with Crippen molar-refractivity contribution in [2.45, 2.75) is 12.6 Å². The number of rotatable bonds is 8. The van der Waals surface area contributed by atoms with Gasteiger partial charge in [-0.3, -0.25) is 9.59 Å². The van der Waals surface area contributed by atoms with E-state index in [-0.39, 0.29) is 12.3 Å². The predicted molar refractivity (Wildman–Crippen MR) is 87.5 cm³/mol. The molecule has 0 aromatic carbocycles. The number of thiophene rings is 1. The molecule has 0 bridgehead atoms. The molecule has 1 heterocycles. The van der Waals surface area contributed by atoms with E-state index in [1.807, 2.05) is 11.4 Å². The standard InChI is InChI=1S/C10H13NO3S3.C2HF3O2/c12-9(13)3-6-16-17-7-4-11-10(14)8-2-1-5-15-8;3-2(4,5)1(6)7/h1-2,5H,3-4,6-7H2,(H,11,14)(H,12,13);(H,6,7). The van der Waals surface area contributed by atoms with E-state index in [0.29, 0.717) is 17.2 Å². The van der Waals surface area contributed by atoms with E-state index in [0.717, 1.165) is 5.75 Å². The fourth-order valence-electron chi connectivity index (χ4n) is 0.948. The first-order valence-corrected chi connectivity index (χ1v) is 9.59. The fourth-order valence-corrected chi connectivity index (χ4v) is 3.47. The molecule has 0 atom stereocenters. The maximum Gasteiger partial charge on any atom is 0.490 e. The largest absolute Gasteiger partial charge is 0.490 e. The topological polar surface area (TPSA) is 104 Å². The molecular formula is C12H14F3NO5S3. The van der Waals surface area contributed by atoms with Crippen LogP contribution in [0.1, 0.15) is 16.1 Å². The van der Waals surface area contributed by atoms with Gasteiger partial charge in [0, 0.05) is 18.1 Å². The van der Waals surface area contributed by atoms with Crippen LogP contribution in [-0.4, -0.2) is 52.3 Å². The van der Waals surface area contributed by atoms with Crippen molar-refractivity contribution in [3.63, 3.8) is 0 Å². The zero-order chi connectivity index (χ0) is 18.6. The zero-order valence-corrected chi connectivity index (χ0v) is 14.5. The van der Waals surface area contributed by atoms with Crippen LogP contribution in [0.25, 0.3) is 0 Å². The van der Waals surface area contributed by atoms with Crippen LogP contribution in [0.15, 0.2) is 17.5 Å². The van der Waals surface area contributed by atoms with Gasteiger partial charge in [-0.1, -0.05) is 27.7 Å². The van der Waals surface area contributed by atoms with Crippen molar-refractivity contribution in [2.24, 2.45) is 0 Å². The number of aliphatic carboxylic acids is 2. The number of carboxylic acids is 2. The lowest BCUT2D eigenvalue weighted by Gasteiger charge is -2.02. The Morgan fingerprint density at radius 2 is 1.75 bits per heavy atom. The smallest absolute Gasteiger partial charge is 0.481 e. The van der Waals surface area contributed by atoms with E-state index in [2.05, 4.69) is 5.32 Å². The maximum absolute atomic E-state index is 11.5. The normalized spacial score (nSPS) is 10.5. The molecule has 0 saturated heterocycles. The van der Waals surface area contributed by atoms with E-state index >= 15 is 0 Å². The van der Waals surface area contributed by atoms with Crippen molar-refractivity contribution in [3.8, 4) is 0 Å². The molecule has 0 aliphatic carbocycles. The summed E-state index contributed by atoms with van der Waals surface area (Å²) in [6, 6.07) is 3.63. The van der Waals surface area contributed by atoms with Crippen molar-refractivity contribution >= 4 is 50.8 Å². The first-order chi connectivity index (χ1) is 11.1. The molecular weight excluding hydrogens is 391 g/mol. The SMILES string of the molecule is O=C(O)C(F)(F)F.O=C(O)CCSSCCNC(=O)c1cccs1. The quantitative estimate of drug-likeness (QED) is 0.451. The molecule has 24 heavy (non-hydrogen) atoms. The highest BCUT2D eigenvalue weighted by Gasteiger charge is 2.38. The van der Waals surface area contributed by atoms with Crippen LogP contribution >= 0.6 is 32.9 Å². The highest BCUT2D eigenvalue weighted by atomic mass is 33.1. The lowest BCUT2D eigenvalue weighted by atomic mass is 10.4. The number of halogens is 3. The van der Waals surface area contributed by atoms with Crippen LogP contribution in [0.4, 0.5) is 13.2 Å². The zero-order valence-electron chi connectivity index (χ0n) is 12.0. The summed E-state index contributed by atoms with van der Waals surface area (Å²) in [4.78, 5) is 31.3. The van der Waals surface area contributed by atoms with Gasteiger partial charge in [-0.25, -0.2) is 4.79 Å². The Labute approximate surface area is 147 Å². The third kappa shape index (κ3) is 12.1. The molecule has 0 fully saturated rings. The van der Waals surface area contributed by atoms with Crippen LogP contribution in [0, 0.1) is 0 Å². The van der Waals surface area contributed by atoms with Crippen LogP contribution < -0.4 is 5.32 Å². The Morgan fingerprint density at radius 3 is 2.21 bits per heavy atom. The van der Waals surface area contributed by atoms with Crippen molar-refractivity contribution in [1.29, 1.82) is 0 Å². The Bertz CT molecular complexity index is 523. The van der Waals surface area contributed by atoms with Crippen LogP contribution in [0.5, 0.6) is 0 Å². The summed E-state index contributed by atoms with van der Waals surface area (Å²) >= 11 is 1.42. The Kier molecular flexibility index (Phi) is 11.3. The molecule has 0 radical (unpaired) electrons. The number of carbonyl (C=O) groups excluding carboxylic acids is 1. The van der Waals surface area contributed by atoms with Crippen LogP contribution in [0.2, 0.25) is 0 Å². The number of carboxylic acid groups (broad SMARTS) is 2. The van der Waals surface area contributed by atoms with Crippen LogP contribution in [-0.2, 0) is 9.59 Å². The average Bonchev–Trinajstić information content (AvgIpc) is 2.99. The van der Waals surface area contributed by atoms with Crippen molar-refractivity contribution < 1.29 is 37.8 Å². The number of hydrogen-bond acceptors (Lipinski definition) is 6. The van der Waals surface area contributed by atoms with Gasteiger partial charge < -0.3 is 15.5 Å². The number of carbonyl (C=O) groups is 3. The van der Waals surface area contributed by atoms with Crippen LogP contribution in [0.3, 0.4) is 0 Å². The molecule has 1 aromatic heterocycles. The van der Waals surface area contributed by atoms with E-state index in [9.17, 15) is 22.8 Å². The molecule has 3 N–H and O–H groups in total. The minimum atomic E-state index is -5.08. The summed E-state index contributed by atoms with van der Waals surface area (Å²) in [5, 5.41) is 20.2. The first kappa shape index (κ1) is 22.6. The highest BCUT2D eigenvalue weighted by molar-refractivity contribution is 8.76. The number of nitrogens with one attached hydrogen (secondary N) is 1. The summed E-state index contributed by atoms with van der Waals surface area (Å²) < 4.78 is 31.7. The predicted octanol–water partition coefficient (Wildman–Crippen LogP) is 2.97. The minimum Gasteiger partial charge on any atom is -0.481 e. The van der Waals surface area contributed by atoms with Crippen molar-refractivity contribution in [3.05, 3.63) is 22.4 Å². The van der Waals surface area contributed by atoms with Gasteiger partial charge in [0.1, 0.15) is 0 Å². The van der Waals surface area contributed by atoms with Gasteiger partial charge in [0.25, 0.3) is 5.91 Å². The highest BCUT2D eigenvalue weighted by Crippen LogP contribution is 2.21. The van der Waals surface area contributed by atoms with E-state index < -0.39 is 18.1 Å². The van der Waals surface area contributed by atoms with Gasteiger partial charge in [0.15, 0.2) is 0 Å². The number of hydrogen-bond donors (Lipinski definition) is 3. The fraction of sp³-hybridized carbons (Fsp3) is 0.417. The number of amides is 1. The molecule has 1 rings (SSSR count). The lowest BCUT2D eigenvalue weighted by molar-refractivity contribution is -0.192. The van der Waals surface area contributed by atoms with Crippen molar-refractivity contribution in [2.75, 3.05) is 18.1 Å². The van der Waals surface area contributed by atoms with Gasteiger partial charge in [-0.15, -0.1) is 11.3 Å². The summed E-state index contributed by atoms with van der Waals surface area (Å²) in [7, 11) is 3.09. The van der Waals surface area contributed by atoms with Gasteiger partial charge in [-0.05, 0) is 11.4 Å². The molecule has 136 valence electrons. The van der Waals surface area contributed by atoms with E-state index in [4.69, 9.17) is 15.0 Å². The van der Waals surface area contributed by atoms with Gasteiger partial charge >= 0.3 is 18.1 Å². The molecule has 0 aliphatic rings. The summed E-state index contributed by atoms with van der Waals surface area (Å²) in [5.41, 5.74) is 0. The summed E-state index contributed by atoms with van der Waals surface area (Å²) in [6.07, 6.45) is -4.90. The van der Waals surface area contributed by atoms with Gasteiger partial charge in [-0.2, -0.15) is 13.2 Å². The summed E-state index contributed by atoms with van der Waals surface area (Å²) in [6.45, 7) is 0.599.